The molecule has 2 heterocycles. The predicted octanol–water partition coefficient (Wildman–Crippen LogP) is 4.05. The van der Waals surface area contributed by atoms with Crippen LogP contribution in [-0.4, -0.2) is 61.2 Å². The number of aryl methyl sites for hydroxylation is 1. The van der Waals surface area contributed by atoms with Crippen LogP contribution in [0.25, 0.3) is 0 Å². The first kappa shape index (κ1) is 31.3. The highest BCUT2D eigenvalue weighted by molar-refractivity contribution is 7.93. The summed E-state index contributed by atoms with van der Waals surface area (Å²) in [6.07, 6.45) is -3.78. The third kappa shape index (κ3) is 6.52. The van der Waals surface area contributed by atoms with Gasteiger partial charge in [0.2, 0.25) is 11.5 Å². The molecule has 12 nitrogen and oxygen atoms in total. The number of carbonyl (C=O) groups excluding carboxylic acids is 2. The van der Waals surface area contributed by atoms with Crippen LogP contribution in [0.4, 0.5) is 29.3 Å². The summed E-state index contributed by atoms with van der Waals surface area (Å²) in [7, 11) is -4.37. The van der Waals surface area contributed by atoms with Crippen LogP contribution in [0.3, 0.4) is 0 Å². The lowest BCUT2D eigenvalue weighted by Crippen LogP contribution is -2.45. The normalized spacial score (nSPS) is 18.1. The molecule has 0 bridgehead atoms. The van der Waals surface area contributed by atoms with Crippen LogP contribution >= 0.6 is 0 Å². The highest BCUT2D eigenvalue weighted by atomic mass is 32.2. The van der Waals surface area contributed by atoms with E-state index in [1.165, 1.54) is 29.1 Å². The van der Waals surface area contributed by atoms with Crippen molar-refractivity contribution >= 4 is 33.4 Å². The predicted molar refractivity (Wildman–Crippen MR) is 145 cm³/mol. The van der Waals surface area contributed by atoms with Crippen molar-refractivity contribution in [2.45, 2.75) is 76.3 Å². The molecular weight excluding hydrogens is 583 g/mol. The van der Waals surface area contributed by atoms with E-state index in [4.69, 9.17) is 15.2 Å². The maximum atomic E-state index is 14.1. The maximum absolute atomic E-state index is 14.1. The van der Waals surface area contributed by atoms with Gasteiger partial charge in [-0.15, -0.1) is 5.10 Å². The maximum Gasteiger partial charge on any atom is 0.427 e. The number of fused-ring (bicyclic) bond motifs is 1. The Labute approximate surface area is 241 Å². The lowest BCUT2D eigenvalue weighted by atomic mass is 9.95. The quantitative estimate of drug-likeness (QED) is 0.383. The molecule has 2 amide bonds. The van der Waals surface area contributed by atoms with Gasteiger partial charge in [-0.3, -0.25) is 19.1 Å². The lowest BCUT2D eigenvalue weighted by Gasteiger charge is -2.36. The molecule has 1 aromatic heterocycles. The number of nitrogens with two attached hydrogens (primary N) is 1. The lowest BCUT2D eigenvalue weighted by molar-refractivity contribution is -0.242. The zero-order chi connectivity index (χ0) is 31.0. The molecule has 232 valence electrons. The summed E-state index contributed by atoms with van der Waals surface area (Å²) in [5.74, 6) is -0.892. The summed E-state index contributed by atoms with van der Waals surface area (Å²) in [4.78, 5) is 24.3. The van der Waals surface area contributed by atoms with Gasteiger partial charge in [-0.1, -0.05) is 0 Å². The molecule has 2 aliphatic rings. The van der Waals surface area contributed by atoms with E-state index in [-0.39, 0.29) is 53.4 Å². The number of nitrogens with zero attached hydrogens (tertiary/aromatic N) is 3. The van der Waals surface area contributed by atoms with Gasteiger partial charge in [-0.2, -0.15) is 13.2 Å². The second-order valence-corrected chi connectivity index (χ2v) is 12.5. The van der Waals surface area contributed by atoms with Crippen molar-refractivity contribution in [2.24, 2.45) is 17.6 Å². The first-order chi connectivity index (χ1) is 19.6. The van der Waals surface area contributed by atoms with Gasteiger partial charge in [0, 0.05) is 24.3 Å². The molecule has 2 aromatic rings. The van der Waals surface area contributed by atoms with E-state index in [1.807, 2.05) is 0 Å². The van der Waals surface area contributed by atoms with Gasteiger partial charge in [0.25, 0.3) is 15.9 Å². The van der Waals surface area contributed by atoms with Gasteiger partial charge in [-0.05, 0) is 71.1 Å². The number of aromatic nitrogens is 2. The number of carbonyl (C=O) groups is 2. The molecule has 2 atom stereocenters. The molecule has 1 saturated carbocycles. The molecule has 1 aliphatic carbocycles. The van der Waals surface area contributed by atoms with Crippen molar-refractivity contribution in [1.29, 1.82) is 0 Å². The van der Waals surface area contributed by atoms with E-state index >= 15 is 0 Å². The standard InChI is InChI=1S/C26H34F3N5O7S/c1-5-33-14-21(23(32-33)39-6-2)42(37,38)34-13-17(12-18(22(30)35)15-7-8-15)40-20-10-9-16(11-19(20)34)31-24(36)41-25(3,4)26(27,28)29/h9-11,14-15,17-18H,5-8,12-13H2,1-4H3,(H2,30,35)(H,31,36). The minimum Gasteiger partial charge on any atom is -0.486 e. The smallest absolute Gasteiger partial charge is 0.427 e. The zero-order valence-electron chi connectivity index (χ0n) is 23.6. The monoisotopic (exact) mass is 617 g/mol. The SMILES string of the molecule is CCOc1nn(CC)cc1S(=O)(=O)N1CC(CC(C(N)=O)C2CC2)Oc2ccc(NC(=O)OC(C)(C)C(F)(F)F)cc21. The number of anilines is 2. The van der Waals surface area contributed by atoms with Crippen molar-refractivity contribution < 1.29 is 45.4 Å². The number of benzene rings is 1. The van der Waals surface area contributed by atoms with E-state index < -0.39 is 45.8 Å². The Bertz CT molecular complexity index is 1440. The fourth-order valence-electron chi connectivity index (χ4n) is 4.58. The summed E-state index contributed by atoms with van der Waals surface area (Å²) in [6, 6.07) is 3.97. The van der Waals surface area contributed by atoms with Crippen molar-refractivity contribution in [3.8, 4) is 11.6 Å². The van der Waals surface area contributed by atoms with Crippen LogP contribution in [0.15, 0.2) is 29.3 Å². The molecule has 1 aliphatic heterocycles. The first-order valence-corrected chi connectivity index (χ1v) is 14.9. The molecule has 3 N–H and O–H groups in total. The Hall–Kier alpha value is -3.69. The Morgan fingerprint density at radius 2 is 1.93 bits per heavy atom. The highest BCUT2D eigenvalue weighted by Gasteiger charge is 2.51. The minimum absolute atomic E-state index is 0.00729. The first-order valence-electron chi connectivity index (χ1n) is 13.5. The third-order valence-corrected chi connectivity index (χ3v) is 8.87. The Kier molecular flexibility index (Phi) is 8.58. The van der Waals surface area contributed by atoms with Crippen molar-refractivity contribution in [1.82, 2.24) is 9.78 Å². The van der Waals surface area contributed by atoms with Crippen LogP contribution in [0, 0.1) is 11.8 Å². The molecule has 0 spiro atoms. The Morgan fingerprint density at radius 3 is 2.50 bits per heavy atom. The highest BCUT2D eigenvalue weighted by Crippen LogP contribution is 2.44. The number of alkyl halides is 3. The molecule has 1 aromatic carbocycles. The number of halogens is 3. The number of nitrogens with one attached hydrogen (secondary N) is 1. The average molecular weight is 618 g/mol. The Balaban J connectivity index is 1.71. The van der Waals surface area contributed by atoms with E-state index in [0.717, 1.165) is 17.1 Å². The summed E-state index contributed by atoms with van der Waals surface area (Å²) >= 11 is 0. The van der Waals surface area contributed by atoms with Crippen molar-refractivity contribution in [3.63, 3.8) is 0 Å². The molecular formula is C26H34F3N5O7S. The molecule has 4 rings (SSSR count). The number of rotatable bonds is 11. The topological polar surface area (TPSA) is 155 Å². The minimum atomic E-state index is -4.82. The van der Waals surface area contributed by atoms with Crippen LogP contribution in [0.5, 0.6) is 11.6 Å². The largest absolute Gasteiger partial charge is 0.486 e. The van der Waals surface area contributed by atoms with Gasteiger partial charge in [0.15, 0.2) is 4.90 Å². The van der Waals surface area contributed by atoms with Crippen molar-refractivity contribution in [2.75, 3.05) is 22.8 Å². The van der Waals surface area contributed by atoms with Crippen molar-refractivity contribution in [3.05, 3.63) is 24.4 Å². The van der Waals surface area contributed by atoms with Gasteiger partial charge >= 0.3 is 12.3 Å². The van der Waals surface area contributed by atoms with Crippen LogP contribution in [0.1, 0.15) is 47.0 Å². The second kappa shape index (κ2) is 11.5. The van der Waals surface area contributed by atoms with Crippen LogP contribution in [0.2, 0.25) is 0 Å². The van der Waals surface area contributed by atoms with Crippen LogP contribution < -0.4 is 24.8 Å². The second-order valence-electron chi connectivity index (χ2n) is 10.7. The summed E-state index contributed by atoms with van der Waals surface area (Å²) < 4.78 is 86.5. The number of ether oxygens (including phenoxy) is 3. The summed E-state index contributed by atoms with van der Waals surface area (Å²) in [5.41, 5.74) is 2.83. The van der Waals surface area contributed by atoms with E-state index in [9.17, 15) is 31.2 Å². The average Bonchev–Trinajstić information content (AvgIpc) is 3.64. The molecule has 42 heavy (non-hydrogen) atoms. The number of amides is 2. The number of hydrogen-bond donors (Lipinski definition) is 2. The van der Waals surface area contributed by atoms with Gasteiger partial charge in [-0.25, -0.2) is 13.2 Å². The van der Waals surface area contributed by atoms with E-state index in [0.29, 0.717) is 20.4 Å². The van der Waals surface area contributed by atoms with Gasteiger partial charge in [0.05, 0.1) is 18.8 Å². The van der Waals surface area contributed by atoms with Gasteiger partial charge < -0.3 is 19.9 Å². The summed E-state index contributed by atoms with van der Waals surface area (Å²) in [5, 5.41) is 6.42. The summed E-state index contributed by atoms with van der Waals surface area (Å²) in [6.45, 7) is 5.16. The third-order valence-electron chi connectivity index (χ3n) is 7.11. The molecule has 0 radical (unpaired) electrons. The van der Waals surface area contributed by atoms with Gasteiger partial charge in [0.1, 0.15) is 11.9 Å². The molecule has 0 saturated heterocycles. The van der Waals surface area contributed by atoms with E-state index in [2.05, 4.69) is 15.2 Å². The molecule has 16 heteroatoms. The zero-order valence-corrected chi connectivity index (χ0v) is 24.4. The van der Waals surface area contributed by atoms with E-state index in [1.54, 1.807) is 13.8 Å². The van der Waals surface area contributed by atoms with Crippen LogP contribution in [-0.2, 0) is 26.1 Å². The Morgan fingerprint density at radius 1 is 1.24 bits per heavy atom. The number of sulfonamides is 1. The molecule has 2 unspecified atom stereocenters. The molecule has 1 fully saturated rings. The fourth-order valence-corrected chi connectivity index (χ4v) is 6.15. The number of hydrogen-bond acceptors (Lipinski definition) is 8. The fraction of sp³-hybridized carbons (Fsp3) is 0.577. The number of primary amides is 1.